The third-order valence-electron chi connectivity index (χ3n) is 3.29. The van der Waals surface area contributed by atoms with Gasteiger partial charge in [-0.1, -0.05) is 0 Å². The second-order valence-electron chi connectivity index (χ2n) is 4.65. The lowest BCUT2D eigenvalue weighted by Crippen LogP contribution is -2.29. The van der Waals surface area contributed by atoms with E-state index in [9.17, 15) is 0 Å². The van der Waals surface area contributed by atoms with E-state index in [4.69, 9.17) is 9.15 Å². The van der Waals surface area contributed by atoms with Gasteiger partial charge in [0.2, 0.25) is 12.3 Å². The maximum atomic E-state index is 5.31. The summed E-state index contributed by atoms with van der Waals surface area (Å²) in [6.45, 7) is 6.19. The Kier molecular flexibility index (Phi) is 4.16. The molecule has 2 rings (SSSR count). The topological polar surface area (TPSA) is 60.2 Å². The fourth-order valence-corrected chi connectivity index (χ4v) is 1.82. The van der Waals surface area contributed by atoms with Crippen molar-refractivity contribution in [3.63, 3.8) is 0 Å². The molecule has 0 amide bonds. The highest BCUT2D eigenvalue weighted by molar-refractivity contribution is 5.62. The Balaban J connectivity index is 2.16. The zero-order chi connectivity index (χ0) is 13.8. The summed E-state index contributed by atoms with van der Waals surface area (Å²) in [5.41, 5.74) is 3.14. The third-order valence-corrected chi connectivity index (χ3v) is 3.29. The van der Waals surface area contributed by atoms with Gasteiger partial charge >= 0.3 is 0 Å². The molecule has 1 aromatic carbocycles. The van der Waals surface area contributed by atoms with Gasteiger partial charge in [-0.3, -0.25) is 0 Å². The van der Waals surface area contributed by atoms with Gasteiger partial charge in [-0.05, 0) is 44.5 Å². The van der Waals surface area contributed by atoms with Crippen LogP contribution in [0, 0.1) is 6.92 Å². The van der Waals surface area contributed by atoms with Crippen LogP contribution in [0.5, 0.6) is 0 Å². The van der Waals surface area contributed by atoms with Gasteiger partial charge in [0.05, 0.1) is 6.10 Å². The molecule has 0 aliphatic heterocycles. The minimum Gasteiger partial charge on any atom is -0.423 e. The molecule has 0 bridgehead atoms. The van der Waals surface area contributed by atoms with Crippen molar-refractivity contribution in [2.45, 2.75) is 32.9 Å². The minimum absolute atomic E-state index is 0.148. The van der Waals surface area contributed by atoms with Crippen LogP contribution in [-0.4, -0.2) is 29.5 Å². The lowest BCUT2D eigenvalue weighted by Gasteiger charge is -2.22. The average Bonchev–Trinajstić information content (AvgIpc) is 2.94. The number of nitrogens with one attached hydrogen (secondary N) is 1. The molecular formula is C14H19N3O2. The van der Waals surface area contributed by atoms with Crippen molar-refractivity contribution in [3.8, 4) is 11.5 Å². The number of hydrogen-bond acceptors (Lipinski definition) is 5. The molecule has 0 aliphatic carbocycles. The van der Waals surface area contributed by atoms with Gasteiger partial charge in [-0.25, -0.2) is 0 Å². The van der Waals surface area contributed by atoms with Gasteiger partial charge in [0.15, 0.2) is 0 Å². The zero-order valence-corrected chi connectivity index (χ0v) is 11.7. The number of rotatable bonds is 5. The lowest BCUT2D eigenvalue weighted by atomic mass is 10.1. The number of aromatic nitrogens is 2. The minimum atomic E-state index is 0.148. The Morgan fingerprint density at radius 3 is 2.68 bits per heavy atom. The Labute approximate surface area is 113 Å². The largest absolute Gasteiger partial charge is 0.423 e. The highest BCUT2D eigenvalue weighted by atomic mass is 16.5. The number of nitrogens with zero attached hydrogens (tertiary/aromatic N) is 2. The van der Waals surface area contributed by atoms with E-state index < -0.39 is 0 Å². The van der Waals surface area contributed by atoms with Crippen molar-refractivity contribution >= 4 is 5.69 Å². The van der Waals surface area contributed by atoms with Crippen molar-refractivity contribution in [1.29, 1.82) is 0 Å². The number of ether oxygens (including phenoxy) is 1. The molecule has 0 saturated carbocycles. The molecule has 0 radical (unpaired) electrons. The maximum absolute atomic E-state index is 5.31. The van der Waals surface area contributed by atoms with Crippen LogP contribution in [0.3, 0.4) is 0 Å². The SMILES string of the molecule is COC(C)C(C)Nc1ccc(-c2nnco2)cc1C. The van der Waals surface area contributed by atoms with Crippen molar-refractivity contribution in [3.05, 3.63) is 30.2 Å². The first kappa shape index (κ1) is 13.5. The van der Waals surface area contributed by atoms with Gasteiger partial charge in [0.1, 0.15) is 0 Å². The van der Waals surface area contributed by atoms with Crippen molar-refractivity contribution in [2.24, 2.45) is 0 Å². The van der Waals surface area contributed by atoms with E-state index in [0.717, 1.165) is 16.8 Å². The molecule has 102 valence electrons. The third kappa shape index (κ3) is 3.12. The predicted octanol–water partition coefficient (Wildman–Crippen LogP) is 2.88. The van der Waals surface area contributed by atoms with Crippen LogP contribution >= 0.6 is 0 Å². The number of hydrogen-bond donors (Lipinski definition) is 1. The standard InChI is InChI=1S/C14H19N3O2/c1-9-7-12(14-17-15-8-19-14)5-6-13(9)16-10(2)11(3)18-4/h5-8,10-11,16H,1-4H3. The molecule has 2 unspecified atom stereocenters. The molecule has 0 spiro atoms. The summed E-state index contributed by atoms with van der Waals surface area (Å²) in [7, 11) is 1.72. The first-order valence-corrected chi connectivity index (χ1v) is 6.28. The molecule has 0 aliphatic rings. The molecule has 0 fully saturated rings. The molecule has 2 aromatic rings. The molecule has 5 nitrogen and oxygen atoms in total. The Morgan fingerprint density at radius 2 is 2.11 bits per heavy atom. The van der Waals surface area contributed by atoms with Crippen LogP contribution in [0.15, 0.2) is 29.0 Å². The smallest absolute Gasteiger partial charge is 0.247 e. The van der Waals surface area contributed by atoms with E-state index >= 15 is 0 Å². The van der Waals surface area contributed by atoms with Gasteiger partial charge in [-0.15, -0.1) is 10.2 Å². The fraction of sp³-hybridized carbons (Fsp3) is 0.429. The van der Waals surface area contributed by atoms with Crippen LogP contribution < -0.4 is 5.32 Å². The van der Waals surface area contributed by atoms with E-state index in [1.807, 2.05) is 32.0 Å². The van der Waals surface area contributed by atoms with E-state index in [-0.39, 0.29) is 12.1 Å². The van der Waals surface area contributed by atoms with Gasteiger partial charge in [0, 0.05) is 24.4 Å². The summed E-state index contributed by atoms with van der Waals surface area (Å²) in [6.07, 6.45) is 1.48. The van der Waals surface area contributed by atoms with Crippen molar-refractivity contribution in [2.75, 3.05) is 12.4 Å². The van der Waals surface area contributed by atoms with Crippen LogP contribution in [0.4, 0.5) is 5.69 Å². The summed E-state index contributed by atoms with van der Waals surface area (Å²) in [6, 6.07) is 6.25. The molecular weight excluding hydrogens is 242 g/mol. The first-order chi connectivity index (χ1) is 9.11. The fourth-order valence-electron chi connectivity index (χ4n) is 1.82. The Hall–Kier alpha value is -1.88. The number of aryl methyl sites for hydroxylation is 1. The lowest BCUT2D eigenvalue weighted by molar-refractivity contribution is 0.106. The van der Waals surface area contributed by atoms with Crippen LogP contribution in [0.2, 0.25) is 0 Å². The second-order valence-corrected chi connectivity index (χ2v) is 4.65. The number of anilines is 1. The van der Waals surface area contributed by atoms with Crippen LogP contribution in [0.1, 0.15) is 19.4 Å². The molecule has 5 heteroatoms. The van der Waals surface area contributed by atoms with E-state index in [0.29, 0.717) is 5.89 Å². The maximum Gasteiger partial charge on any atom is 0.247 e. The van der Waals surface area contributed by atoms with E-state index in [2.05, 4.69) is 22.4 Å². The first-order valence-electron chi connectivity index (χ1n) is 6.28. The summed E-state index contributed by atoms with van der Waals surface area (Å²) in [5, 5.41) is 11.0. The van der Waals surface area contributed by atoms with Crippen molar-refractivity contribution < 1.29 is 9.15 Å². The molecule has 1 heterocycles. The normalized spacial score (nSPS) is 14.1. The Morgan fingerprint density at radius 1 is 1.32 bits per heavy atom. The zero-order valence-electron chi connectivity index (χ0n) is 11.7. The predicted molar refractivity (Wildman–Crippen MR) is 74.0 cm³/mol. The van der Waals surface area contributed by atoms with E-state index in [1.54, 1.807) is 7.11 Å². The summed E-state index contributed by atoms with van der Waals surface area (Å²) in [4.78, 5) is 0. The van der Waals surface area contributed by atoms with Gasteiger partial charge in [0.25, 0.3) is 0 Å². The Bertz CT molecular complexity index is 525. The van der Waals surface area contributed by atoms with Crippen LogP contribution in [-0.2, 0) is 4.74 Å². The van der Waals surface area contributed by atoms with Gasteiger partial charge < -0.3 is 14.5 Å². The molecule has 0 saturated heterocycles. The molecule has 19 heavy (non-hydrogen) atoms. The monoisotopic (exact) mass is 261 g/mol. The molecule has 2 atom stereocenters. The van der Waals surface area contributed by atoms with Crippen molar-refractivity contribution in [1.82, 2.24) is 10.2 Å². The average molecular weight is 261 g/mol. The highest BCUT2D eigenvalue weighted by Gasteiger charge is 2.12. The van der Waals surface area contributed by atoms with Crippen LogP contribution in [0.25, 0.3) is 11.5 Å². The second kappa shape index (κ2) is 5.84. The summed E-state index contributed by atoms with van der Waals surface area (Å²) in [5.74, 6) is 0.535. The quantitative estimate of drug-likeness (QED) is 0.896. The number of benzene rings is 1. The van der Waals surface area contributed by atoms with E-state index in [1.165, 1.54) is 6.39 Å². The summed E-state index contributed by atoms with van der Waals surface area (Å²) < 4.78 is 10.5. The summed E-state index contributed by atoms with van der Waals surface area (Å²) >= 11 is 0. The number of methoxy groups -OCH3 is 1. The molecule has 1 aromatic heterocycles. The molecule has 1 N–H and O–H groups in total. The highest BCUT2D eigenvalue weighted by Crippen LogP contribution is 2.24. The van der Waals surface area contributed by atoms with Gasteiger partial charge in [-0.2, -0.15) is 0 Å².